The van der Waals surface area contributed by atoms with E-state index in [-0.39, 0.29) is 25.0 Å². The predicted molar refractivity (Wildman–Crippen MR) is 197 cm³/mol. The van der Waals surface area contributed by atoms with Gasteiger partial charge in [-0.1, -0.05) is 57.6 Å². The monoisotopic (exact) mass is 739 g/mol. The van der Waals surface area contributed by atoms with Crippen LogP contribution in [0.25, 0.3) is 0 Å². The second kappa shape index (κ2) is 34.3. The summed E-state index contributed by atoms with van der Waals surface area (Å²) in [5.74, 6) is 0.272. The van der Waals surface area contributed by atoms with Gasteiger partial charge in [-0.3, -0.25) is 14.5 Å². The average Bonchev–Trinajstić information content (AvgIpc) is 3.48. The zero-order valence-corrected chi connectivity index (χ0v) is 31.6. The molecule has 0 N–H and O–H groups in total. The second-order valence-electron chi connectivity index (χ2n) is 12.0. The molecule has 0 aromatic heterocycles. The van der Waals surface area contributed by atoms with Gasteiger partial charge >= 0.3 is 0 Å². The molecule has 0 saturated carbocycles. The molecule has 13 heteroatoms. The molecule has 0 bridgehead atoms. The number of rotatable bonds is 39. The van der Waals surface area contributed by atoms with Crippen molar-refractivity contribution in [1.29, 1.82) is 0 Å². The van der Waals surface area contributed by atoms with Crippen LogP contribution in [0.3, 0.4) is 0 Å². The number of ether oxygens (including phenoxy) is 10. The van der Waals surface area contributed by atoms with Crippen LogP contribution in [0.1, 0.15) is 57.4 Å². The normalized spacial score (nSPS) is 12.8. The van der Waals surface area contributed by atoms with Crippen LogP contribution in [-0.2, 0) is 58.6 Å². The molecule has 0 atom stereocenters. The lowest BCUT2D eigenvalue weighted by molar-refractivity contribution is -0.137. The first-order valence-electron chi connectivity index (χ1n) is 19.2. The van der Waals surface area contributed by atoms with Gasteiger partial charge in [0.25, 0.3) is 11.8 Å². The van der Waals surface area contributed by atoms with E-state index in [0.717, 1.165) is 17.1 Å². The quantitative estimate of drug-likeness (QED) is 0.0700. The first-order valence-corrected chi connectivity index (χ1v) is 19.2. The Morgan fingerprint density at radius 1 is 0.423 bits per heavy atom. The zero-order valence-electron chi connectivity index (χ0n) is 31.6. The highest BCUT2D eigenvalue weighted by molar-refractivity contribution is 6.12. The Balaban J connectivity index is 1.18. The number of amides is 2. The van der Waals surface area contributed by atoms with Gasteiger partial charge in [0.1, 0.15) is 12.4 Å². The Labute approximate surface area is 311 Å². The summed E-state index contributed by atoms with van der Waals surface area (Å²) >= 11 is 0. The van der Waals surface area contributed by atoms with Crippen LogP contribution in [0.2, 0.25) is 0 Å². The van der Waals surface area contributed by atoms with E-state index in [2.05, 4.69) is 19.1 Å². The van der Waals surface area contributed by atoms with Gasteiger partial charge in [-0.05, 0) is 30.5 Å². The van der Waals surface area contributed by atoms with Crippen molar-refractivity contribution in [3.8, 4) is 5.75 Å². The molecular weight excluding hydrogens is 674 g/mol. The smallest absolute Gasteiger partial charge is 0.253 e. The molecule has 0 aliphatic carbocycles. The minimum atomic E-state index is -0.304. The van der Waals surface area contributed by atoms with Gasteiger partial charge in [-0.2, -0.15) is 0 Å². The van der Waals surface area contributed by atoms with Crippen LogP contribution in [0.4, 0.5) is 0 Å². The lowest BCUT2D eigenvalue weighted by Crippen LogP contribution is -2.33. The van der Waals surface area contributed by atoms with Crippen LogP contribution in [0.5, 0.6) is 5.75 Å². The maximum Gasteiger partial charge on any atom is 0.253 e. The maximum absolute atomic E-state index is 11.4. The number of benzene rings is 1. The van der Waals surface area contributed by atoms with Crippen LogP contribution in [-0.4, -0.2) is 149 Å². The summed E-state index contributed by atoms with van der Waals surface area (Å²) in [6.07, 6.45) is 13.0. The van der Waals surface area contributed by atoms with Gasteiger partial charge in [0, 0.05) is 12.2 Å². The third kappa shape index (κ3) is 26.3. The van der Waals surface area contributed by atoms with E-state index < -0.39 is 0 Å². The van der Waals surface area contributed by atoms with Gasteiger partial charge < -0.3 is 47.4 Å². The number of imide groups is 1. The topological polar surface area (TPSA) is 130 Å². The van der Waals surface area contributed by atoms with Gasteiger partial charge in [-0.25, -0.2) is 0 Å². The molecule has 298 valence electrons. The van der Waals surface area contributed by atoms with E-state index in [1.165, 1.54) is 62.7 Å². The van der Waals surface area contributed by atoms with E-state index >= 15 is 0 Å². The molecule has 52 heavy (non-hydrogen) atoms. The van der Waals surface area contributed by atoms with Crippen LogP contribution >= 0.6 is 0 Å². The fraction of sp³-hybridized carbons (Fsp3) is 0.744. The number of hydrogen-bond acceptors (Lipinski definition) is 12. The largest absolute Gasteiger partial charge is 0.491 e. The van der Waals surface area contributed by atoms with E-state index in [0.29, 0.717) is 119 Å². The molecule has 1 heterocycles. The number of nitrogens with zero attached hydrogens (tertiary/aromatic N) is 1. The van der Waals surface area contributed by atoms with Crippen molar-refractivity contribution in [2.75, 3.05) is 132 Å². The summed E-state index contributed by atoms with van der Waals surface area (Å²) in [7, 11) is 0. The number of hydrogen-bond donors (Lipinski definition) is 0. The van der Waals surface area contributed by atoms with Crippen LogP contribution < -0.4 is 4.74 Å². The standard InChI is InChI=1S/C39H65NO12/c1-2-3-4-5-6-7-8-9-36-10-12-37(13-11-36)52-35-34-51-33-32-50-31-30-49-29-28-48-27-26-47-25-24-46-23-22-45-21-20-44-19-18-43-17-16-40-38(41)14-15-39(40)42/h10-15H,2-9,16-35H2,1H3. The van der Waals surface area contributed by atoms with Gasteiger partial charge in [0.05, 0.1) is 125 Å². The summed E-state index contributed by atoms with van der Waals surface area (Å²) < 4.78 is 55.1. The molecule has 1 aliphatic rings. The first kappa shape index (κ1) is 45.7. The third-order valence-corrected chi connectivity index (χ3v) is 7.82. The molecule has 1 aromatic rings. The molecule has 13 nitrogen and oxygen atoms in total. The molecule has 0 saturated heterocycles. The minimum Gasteiger partial charge on any atom is -0.491 e. The molecule has 0 spiro atoms. The Bertz CT molecular complexity index is 992. The molecule has 1 aliphatic heterocycles. The maximum atomic E-state index is 11.4. The third-order valence-electron chi connectivity index (χ3n) is 7.82. The van der Waals surface area contributed by atoms with Crippen LogP contribution in [0, 0.1) is 0 Å². The number of carbonyl (C=O) groups is 2. The Morgan fingerprint density at radius 2 is 0.769 bits per heavy atom. The van der Waals surface area contributed by atoms with Crippen molar-refractivity contribution >= 4 is 11.8 Å². The number of aryl methyl sites for hydroxylation is 1. The highest BCUT2D eigenvalue weighted by Crippen LogP contribution is 2.15. The van der Waals surface area contributed by atoms with Crippen molar-refractivity contribution in [2.24, 2.45) is 0 Å². The van der Waals surface area contributed by atoms with Crippen molar-refractivity contribution in [3.05, 3.63) is 42.0 Å². The fourth-order valence-electron chi connectivity index (χ4n) is 4.93. The molecule has 0 radical (unpaired) electrons. The van der Waals surface area contributed by atoms with Gasteiger partial charge in [-0.15, -0.1) is 0 Å². The second-order valence-corrected chi connectivity index (χ2v) is 12.0. The predicted octanol–water partition coefficient (Wildman–Crippen LogP) is 4.43. The molecule has 2 rings (SSSR count). The molecule has 0 unspecified atom stereocenters. The van der Waals surface area contributed by atoms with E-state index in [9.17, 15) is 9.59 Å². The van der Waals surface area contributed by atoms with E-state index in [1.54, 1.807) is 0 Å². The highest BCUT2D eigenvalue weighted by Gasteiger charge is 2.22. The molecule has 1 aromatic carbocycles. The fourth-order valence-corrected chi connectivity index (χ4v) is 4.93. The lowest BCUT2D eigenvalue weighted by Gasteiger charge is -2.13. The van der Waals surface area contributed by atoms with Gasteiger partial charge in [0.15, 0.2) is 0 Å². The summed E-state index contributed by atoms with van der Waals surface area (Å²) in [6.45, 7) is 11.5. The van der Waals surface area contributed by atoms with Crippen LogP contribution in [0.15, 0.2) is 36.4 Å². The summed E-state index contributed by atoms with van der Waals surface area (Å²) in [4.78, 5) is 24.0. The van der Waals surface area contributed by atoms with E-state index in [4.69, 9.17) is 47.4 Å². The molecule has 0 fully saturated rings. The number of unbranched alkanes of at least 4 members (excludes halogenated alkanes) is 6. The Hall–Kier alpha value is -2.46. The SMILES string of the molecule is CCCCCCCCCc1ccc(OCCOCCOCCOCCOCCOCCOCCOCCOCCOCCN2C(=O)C=CC2=O)cc1. The zero-order chi connectivity index (χ0) is 37.0. The summed E-state index contributed by atoms with van der Waals surface area (Å²) in [5.41, 5.74) is 1.38. The first-order chi connectivity index (χ1) is 25.7. The molecular formula is C39H65NO12. The lowest BCUT2D eigenvalue weighted by atomic mass is 10.0. The van der Waals surface area contributed by atoms with Crippen molar-refractivity contribution < 1.29 is 57.0 Å². The van der Waals surface area contributed by atoms with Crippen molar-refractivity contribution in [2.45, 2.75) is 58.3 Å². The van der Waals surface area contributed by atoms with Gasteiger partial charge in [0.2, 0.25) is 0 Å². The Kier molecular flexibility index (Phi) is 30.2. The number of carbonyl (C=O) groups excluding carboxylic acids is 2. The van der Waals surface area contributed by atoms with E-state index in [1.807, 2.05) is 12.1 Å². The highest BCUT2D eigenvalue weighted by atomic mass is 16.6. The van der Waals surface area contributed by atoms with Crippen molar-refractivity contribution in [1.82, 2.24) is 4.90 Å². The van der Waals surface area contributed by atoms with Crippen molar-refractivity contribution in [3.63, 3.8) is 0 Å². The average molecular weight is 740 g/mol. The Morgan fingerprint density at radius 3 is 1.17 bits per heavy atom. The minimum absolute atomic E-state index is 0.241. The summed E-state index contributed by atoms with van der Waals surface area (Å²) in [6, 6.07) is 8.43. The molecule has 2 amide bonds. The summed E-state index contributed by atoms with van der Waals surface area (Å²) in [5, 5.41) is 0.